The molecule has 8 heteroatoms. The molecule has 2 aromatic carbocycles. The van der Waals surface area contributed by atoms with Crippen LogP contribution in [0.1, 0.15) is 10.4 Å². The van der Waals surface area contributed by atoms with Crippen LogP contribution in [-0.2, 0) is 9.59 Å². The van der Waals surface area contributed by atoms with E-state index >= 15 is 0 Å². The van der Waals surface area contributed by atoms with E-state index in [0.717, 1.165) is 13.1 Å². The van der Waals surface area contributed by atoms with Crippen molar-refractivity contribution in [3.05, 3.63) is 65.2 Å². The molecule has 0 unspecified atom stereocenters. The number of para-hydroxylation sites is 1. The lowest BCUT2D eigenvalue weighted by Crippen LogP contribution is -3.15. The standard InChI is InChI=1S/C21H23ClN4O3/c22-18-9-5-4-8-17(18)21(29)26-14-12-25(13-15-26)11-10-23-19(27)20(28)24-16-6-2-1-3-7-16/h1-9H,10-15H2,(H,23,27)(H,24,28)/p+1. The molecular weight excluding hydrogens is 392 g/mol. The third-order valence-corrected chi connectivity index (χ3v) is 5.19. The summed E-state index contributed by atoms with van der Waals surface area (Å²) in [5, 5.41) is 5.67. The Balaban J connectivity index is 1.38. The second kappa shape index (κ2) is 10.0. The van der Waals surface area contributed by atoms with Crippen molar-refractivity contribution in [2.24, 2.45) is 0 Å². The van der Waals surface area contributed by atoms with Crippen LogP contribution in [0.2, 0.25) is 5.02 Å². The number of piperazine rings is 1. The molecule has 29 heavy (non-hydrogen) atoms. The summed E-state index contributed by atoms with van der Waals surface area (Å²) in [5.74, 6) is -1.39. The van der Waals surface area contributed by atoms with Gasteiger partial charge >= 0.3 is 11.8 Å². The molecule has 1 aliphatic heterocycles. The number of nitrogens with one attached hydrogen (secondary N) is 3. The molecule has 1 saturated heterocycles. The number of quaternary nitrogens is 1. The minimum absolute atomic E-state index is 0.0551. The fraction of sp³-hybridized carbons (Fsp3) is 0.286. The SMILES string of the molecule is O=C(NCC[NH+]1CCN(C(=O)c2ccccc2Cl)CC1)C(=O)Nc1ccccc1. The number of hydrogen-bond donors (Lipinski definition) is 3. The van der Waals surface area contributed by atoms with Crippen LogP contribution < -0.4 is 15.5 Å². The van der Waals surface area contributed by atoms with Crippen LogP contribution in [0.5, 0.6) is 0 Å². The molecular formula is C21H24ClN4O3+. The molecule has 0 saturated carbocycles. The maximum Gasteiger partial charge on any atom is 0.313 e. The Labute approximate surface area is 174 Å². The van der Waals surface area contributed by atoms with Gasteiger partial charge in [0.05, 0.1) is 49.9 Å². The lowest BCUT2D eigenvalue weighted by molar-refractivity contribution is -0.902. The van der Waals surface area contributed by atoms with Crippen molar-refractivity contribution in [1.29, 1.82) is 0 Å². The van der Waals surface area contributed by atoms with Gasteiger partial charge in [-0.3, -0.25) is 14.4 Å². The quantitative estimate of drug-likeness (QED) is 0.619. The van der Waals surface area contributed by atoms with Gasteiger partial charge in [-0.05, 0) is 24.3 Å². The number of carbonyl (C=O) groups is 3. The number of benzene rings is 2. The monoisotopic (exact) mass is 415 g/mol. The molecule has 3 N–H and O–H groups in total. The zero-order valence-electron chi connectivity index (χ0n) is 16.0. The minimum Gasteiger partial charge on any atom is -0.342 e. The van der Waals surface area contributed by atoms with Crippen LogP contribution in [0.3, 0.4) is 0 Å². The van der Waals surface area contributed by atoms with Crippen molar-refractivity contribution >= 4 is 35.0 Å². The Morgan fingerprint density at radius 2 is 1.59 bits per heavy atom. The van der Waals surface area contributed by atoms with E-state index in [9.17, 15) is 14.4 Å². The number of hydrogen-bond acceptors (Lipinski definition) is 3. The molecule has 1 aliphatic rings. The summed E-state index contributed by atoms with van der Waals surface area (Å²) in [5.41, 5.74) is 1.10. The first kappa shape index (κ1) is 20.8. The lowest BCUT2D eigenvalue weighted by atomic mass is 10.2. The van der Waals surface area contributed by atoms with Crippen LogP contribution in [0.4, 0.5) is 5.69 Å². The highest BCUT2D eigenvalue weighted by molar-refractivity contribution is 6.39. The molecule has 2 aromatic rings. The zero-order valence-corrected chi connectivity index (χ0v) is 16.7. The number of nitrogens with zero attached hydrogens (tertiary/aromatic N) is 1. The second-order valence-corrected chi connectivity index (χ2v) is 7.26. The van der Waals surface area contributed by atoms with Gasteiger partial charge in [0.15, 0.2) is 0 Å². The minimum atomic E-state index is -0.679. The van der Waals surface area contributed by atoms with Gasteiger partial charge in [0, 0.05) is 5.69 Å². The van der Waals surface area contributed by atoms with Crippen molar-refractivity contribution in [2.45, 2.75) is 0 Å². The molecule has 7 nitrogen and oxygen atoms in total. The molecule has 3 amide bonds. The van der Waals surface area contributed by atoms with Crippen molar-refractivity contribution in [2.75, 3.05) is 44.6 Å². The predicted octanol–water partition coefficient (Wildman–Crippen LogP) is 0.436. The predicted molar refractivity (Wildman–Crippen MR) is 111 cm³/mol. The highest BCUT2D eigenvalue weighted by atomic mass is 35.5. The van der Waals surface area contributed by atoms with Crippen LogP contribution in [0.25, 0.3) is 0 Å². The molecule has 1 fully saturated rings. The summed E-state index contributed by atoms with van der Waals surface area (Å²) in [6, 6.07) is 15.9. The highest BCUT2D eigenvalue weighted by Gasteiger charge is 2.25. The maximum absolute atomic E-state index is 12.6. The van der Waals surface area contributed by atoms with E-state index in [1.54, 1.807) is 53.4 Å². The first-order valence-electron chi connectivity index (χ1n) is 9.56. The fourth-order valence-electron chi connectivity index (χ4n) is 3.22. The maximum atomic E-state index is 12.6. The summed E-state index contributed by atoms with van der Waals surface area (Å²) < 4.78 is 0. The third-order valence-electron chi connectivity index (χ3n) is 4.86. The second-order valence-electron chi connectivity index (χ2n) is 6.85. The normalized spacial score (nSPS) is 14.3. The molecule has 0 aromatic heterocycles. The Morgan fingerprint density at radius 1 is 0.931 bits per heavy atom. The first-order chi connectivity index (χ1) is 14.0. The molecule has 152 valence electrons. The molecule has 1 heterocycles. The first-order valence-corrected chi connectivity index (χ1v) is 9.94. The summed E-state index contributed by atoms with van der Waals surface area (Å²) >= 11 is 6.12. The van der Waals surface area contributed by atoms with Crippen molar-refractivity contribution in [1.82, 2.24) is 10.2 Å². The Hall–Kier alpha value is -2.90. The Bertz CT molecular complexity index is 867. The van der Waals surface area contributed by atoms with E-state index in [4.69, 9.17) is 11.6 Å². The lowest BCUT2D eigenvalue weighted by Gasteiger charge is -2.32. The summed E-state index contributed by atoms with van der Waals surface area (Å²) in [6.07, 6.45) is 0. The number of anilines is 1. The molecule has 0 radical (unpaired) electrons. The fourth-order valence-corrected chi connectivity index (χ4v) is 3.44. The van der Waals surface area contributed by atoms with E-state index in [1.165, 1.54) is 4.90 Å². The largest absolute Gasteiger partial charge is 0.342 e. The van der Waals surface area contributed by atoms with Crippen molar-refractivity contribution in [3.8, 4) is 0 Å². The molecule has 0 bridgehead atoms. The highest BCUT2D eigenvalue weighted by Crippen LogP contribution is 2.17. The molecule has 0 aliphatic carbocycles. The van der Waals surface area contributed by atoms with Gasteiger partial charge in [-0.2, -0.15) is 0 Å². The van der Waals surface area contributed by atoms with Gasteiger partial charge in [0.25, 0.3) is 5.91 Å². The Kier molecular flexibility index (Phi) is 7.21. The van der Waals surface area contributed by atoms with Crippen LogP contribution in [0.15, 0.2) is 54.6 Å². The van der Waals surface area contributed by atoms with Gasteiger partial charge in [-0.1, -0.05) is 41.9 Å². The average molecular weight is 416 g/mol. The van der Waals surface area contributed by atoms with Gasteiger partial charge in [-0.15, -0.1) is 0 Å². The number of carbonyl (C=O) groups excluding carboxylic acids is 3. The van der Waals surface area contributed by atoms with E-state index in [1.807, 2.05) is 6.07 Å². The zero-order chi connectivity index (χ0) is 20.6. The summed E-state index contributed by atoms with van der Waals surface area (Å²) in [6.45, 7) is 3.90. The van der Waals surface area contributed by atoms with Gasteiger partial charge in [-0.25, -0.2) is 0 Å². The van der Waals surface area contributed by atoms with Crippen LogP contribution in [-0.4, -0.2) is 61.9 Å². The van der Waals surface area contributed by atoms with Crippen molar-refractivity contribution in [3.63, 3.8) is 0 Å². The van der Waals surface area contributed by atoms with E-state index in [2.05, 4.69) is 10.6 Å². The smallest absolute Gasteiger partial charge is 0.313 e. The Morgan fingerprint density at radius 3 is 2.28 bits per heavy atom. The molecule has 3 rings (SSSR count). The van der Waals surface area contributed by atoms with Crippen LogP contribution in [0, 0.1) is 0 Å². The van der Waals surface area contributed by atoms with Crippen molar-refractivity contribution < 1.29 is 19.3 Å². The van der Waals surface area contributed by atoms with E-state index in [-0.39, 0.29) is 5.91 Å². The van der Waals surface area contributed by atoms with E-state index in [0.29, 0.717) is 42.5 Å². The van der Waals surface area contributed by atoms with Gasteiger partial charge in [0.2, 0.25) is 0 Å². The third kappa shape index (κ3) is 5.79. The number of amides is 3. The molecule has 0 spiro atoms. The topological polar surface area (TPSA) is 83.0 Å². The van der Waals surface area contributed by atoms with E-state index < -0.39 is 11.8 Å². The van der Waals surface area contributed by atoms with Crippen LogP contribution >= 0.6 is 11.6 Å². The average Bonchev–Trinajstić information content (AvgIpc) is 2.75. The molecule has 0 atom stereocenters. The van der Waals surface area contributed by atoms with Gasteiger partial charge in [0.1, 0.15) is 0 Å². The number of halogens is 1. The summed E-state index contributed by atoms with van der Waals surface area (Å²) in [4.78, 5) is 39.5. The number of rotatable bonds is 5. The van der Waals surface area contributed by atoms with Gasteiger partial charge < -0.3 is 20.4 Å². The summed E-state index contributed by atoms with van der Waals surface area (Å²) in [7, 11) is 0.